The van der Waals surface area contributed by atoms with E-state index in [2.05, 4.69) is 15.5 Å². The predicted octanol–water partition coefficient (Wildman–Crippen LogP) is 1.57. The third-order valence-electron chi connectivity index (χ3n) is 2.26. The minimum absolute atomic E-state index is 0.0626. The molecule has 2 rings (SSSR count). The number of hydrogen-bond donors (Lipinski definition) is 1. The first-order valence-electron chi connectivity index (χ1n) is 4.61. The third kappa shape index (κ3) is 2.05. The average molecular weight is 243 g/mol. The predicted molar refractivity (Wildman–Crippen MR) is 53.3 cm³/mol. The van der Waals surface area contributed by atoms with Crippen LogP contribution in [0.15, 0.2) is 18.2 Å². The Morgan fingerprint density at radius 1 is 1.29 bits per heavy atom. The Balaban J connectivity index is 2.58. The number of anilines is 1. The maximum atomic E-state index is 12.5. The number of nitrogens with zero attached hydrogens (tertiary/aromatic N) is 4. The molecule has 0 fully saturated rings. The summed E-state index contributed by atoms with van der Waals surface area (Å²) in [6, 6.07) is 3.31. The molecule has 17 heavy (non-hydrogen) atoms. The number of halogens is 3. The summed E-state index contributed by atoms with van der Waals surface area (Å²) in [5.74, 6) is -0.0626. The van der Waals surface area contributed by atoms with Crippen molar-refractivity contribution in [1.82, 2.24) is 20.2 Å². The van der Waals surface area contributed by atoms with E-state index in [-0.39, 0.29) is 11.6 Å². The van der Waals surface area contributed by atoms with E-state index in [1.807, 2.05) is 0 Å². The van der Waals surface area contributed by atoms with E-state index in [0.717, 1.165) is 16.8 Å². The number of alkyl halides is 3. The molecular weight excluding hydrogens is 235 g/mol. The first kappa shape index (κ1) is 11.4. The van der Waals surface area contributed by atoms with E-state index in [9.17, 15) is 13.2 Å². The van der Waals surface area contributed by atoms with Crippen LogP contribution in [0.1, 0.15) is 11.1 Å². The van der Waals surface area contributed by atoms with Crippen molar-refractivity contribution in [2.75, 3.05) is 5.73 Å². The van der Waals surface area contributed by atoms with Crippen LogP contribution in [-0.2, 0) is 6.18 Å². The average Bonchev–Trinajstić information content (AvgIpc) is 2.63. The SMILES string of the molecule is Cc1ccc(C(F)(F)F)cc1-n1nnnc1N. The number of rotatable bonds is 1. The molecule has 0 radical (unpaired) electrons. The molecule has 0 aliphatic carbocycles. The van der Waals surface area contributed by atoms with Crippen LogP contribution in [0.5, 0.6) is 0 Å². The van der Waals surface area contributed by atoms with Crippen LogP contribution in [0.2, 0.25) is 0 Å². The highest BCUT2D eigenvalue weighted by Crippen LogP contribution is 2.31. The van der Waals surface area contributed by atoms with Crippen LogP contribution in [-0.4, -0.2) is 20.2 Å². The van der Waals surface area contributed by atoms with Crippen LogP contribution < -0.4 is 5.73 Å². The van der Waals surface area contributed by atoms with E-state index in [4.69, 9.17) is 5.73 Å². The highest BCUT2D eigenvalue weighted by molar-refractivity contribution is 5.46. The van der Waals surface area contributed by atoms with Gasteiger partial charge in [0.2, 0.25) is 5.95 Å². The van der Waals surface area contributed by atoms with Gasteiger partial charge in [-0.2, -0.15) is 17.9 Å². The van der Waals surface area contributed by atoms with Gasteiger partial charge in [0.25, 0.3) is 0 Å². The zero-order chi connectivity index (χ0) is 12.6. The molecule has 1 aromatic heterocycles. The van der Waals surface area contributed by atoms with Crippen molar-refractivity contribution < 1.29 is 13.2 Å². The topological polar surface area (TPSA) is 69.6 Å². The number of aromatic nitrogens is 4. The fourth-order valence-corrected chi connectivity index (χ4v) is 1.38. The van der Waals surface area contributed by atoms with E-state index in [0.29, 0.717) is 5.56 Å². The Kier molecular flexibility index (Phi) is 2.49. The first-order chi connectivity index (χ1) is 7.89. The number of nitrogens with two attached hydrogens (primary N) is 1. The number of aryl methyl sites for hydroxylation is 1. The summed E-state index contributed by atoms with van der Waals surface area (Å²) >= 11 is 0. The molecule has 0 aliphatic heterocycles. The lowest BCUT2D eigenvalue weighted by molar-refractivity contribution is -0.137. The van der Waals surface area contributed by atoms with Gasteiger partial charge in [-0.25, -0.2) is 0 Å². The molecule has 0 spiro atoms. The molecule has 0 atom stereocenters. The minimum Gasteiger partial charge on any atom is -0.366 e. The quantitative estimate of drug-likeness (QED) is 0.825. The Bertz CT molecular complexity index is 546. The normalized spacial score (nSPS) is 11.8. The van der Waals surface area contributed by atoms with Crippen LogP contribution in [0, 0.1) is 6.92 Å². The van der Waals surface area contributed by atoms with Gasteiger partial charge >= 0.3 is 6.18 Å². The summed E-state index contributed by atoms with van der Waals surface area (Å²) in [4.78, 5) is 0. The molecule has 1 heterocycles. The zero-order valence-corrected chi connectivity index (χ0v) is 8.73. The van der Waals surface area contributed by atoms with Crippen molar-refractivity contribution >= 4 is 5.95 Å². The lowest BCUT2D eigenvalue weighted by Gasteiger charge is -2.11. The van der Waals surface area contributed by atoms with Crippen molar-refractivity contribution in [2.24, 2.45) is 0 Å². The largest absolute Gasteiger partial charge is 0.416 e. The van der Waals surface area contributed by atoms with Gasteiger partial charge in [0.1, 0.15) is 0 Å². The molecule has 0 saturated carbocycles. The van der Waals surface area contributed by atoms with Crippen molar-refractivity contribution in [3.05, 3.63) is 29.3 Å². The summed E-state index contributed by atoms with van der Waals surface area (Å²) in [6.07, 6.45) is -4.41. The molecule has 0 aliphatic rings. The molecule has 0 amide bonds. The molecule has 0 saturated heterocycles. The maximum Gasteiger partial charge on any atom is 0.416 e. The smallest absolute Gasteiger partial charge is 0.366 e. The lowest BCUT2D eigenvalue weighted by atomic mass is 10.1. The number of tetrazole rings is 1. The fraction of sp³-hybridized carbons (Fsp3) is 0.222. The van der Waals surface area contributed by atoms with Gasteiger partial charge in [-0.05, 0) is 35.0 Å². The van der Waals surface area contributed by atoms with Crippen LogP contribution >= 0.6 is 0 Å². The molecule has 2 N–H and O–H groups in total. The molecule has 0 bridgehead atoms. The summed E-state index contributed by atoms with van der Waals surface area (Å²) < 4.78 is 38.7. The van der Waals surface area contributed by atoms with Crippen molar-refractivity contribution in [3.63, 3.8) is 0 Å². The van der Waals surface area contributed by atoms with Gasteiger partial charge < -0.3 is 5.73 Å². The summed E-state index contributed by atoms with van der Waals surface area (Å²) in [7, 11) is 0. The van der Waals surface area contributed by atoms with Crippen LogP contribution in [0.25, 0.3) is 5.69 Å². The monoisotopic (exact) mass is 243 g/mol. The molecular formula is C9H8F3N5. The van der Waals surface area contributed by atoms with Gasteiger partial charge in [0, 0.05) is 0 Å². The van der Waals surface area contributed by atoms with Gasteiger partial charge in [-0.15, -0.1) is 0 Å². The van der Waals surface area contributed by atoms with Gasteiger partial charge in [-0.3, -0.25) is 0 Å². The number of nitrogen functional groups attached to an aromatic ring is 1. The molecule has 0 unspecified atom stereocenters. The second-order valence-electron chi connectivity index (χ2n) is 3.45. The molecule has 2 aromatic rings. The van der Waals surface area contributed by atoms with Crippen LogP contribution in [0.4, 0.5) is 19.1 Å². The summed E-state index contributed by atoms with van der Waals surface area (Å²) in [6.45, 7) is 1.65. The standard InChI is InChI=1S/C9H8F3N5/c1-5-2-3-6(9(10,11)12)4-7(5)17-8(13)14-15-16-17/h2-4H,1H3,(H2,13,14,16). The van der Waals surface area contributed by atoms with Crippen LogP contribution in [0.3, 0.4) is 0 Å². The van der Waals surface area contributed by atoms with Crippen molar-refractivity contribution in [2.45, 2.75) is 13.1 Å². The van der Waals surface area contributed by atoms with Gasteiger partial charge in [0.05, 0.1) is 11.3 Å². The molecule has 90 valence electrons. The van der Waals surface area contributed by atoms with E-state index in [1.54, 1.807) is 6.92 Å². The maximum absolute atomic E-state index is 12.5. The fourth-order valence-electron chi connectivity index (χ4n) is 1.38. The lowest BCUT2D eigenvalue weighted by Crippen LogP contribution is -2.09. The second-order valence-corrected chi connectivity index (χ2v) is 3.45. The Hall–Kier alpha value is -2.12. The minimum atomic E-state index is -4.41. The highest BCUT2D eigenvalue weighted by atomic mass is 19.4. The summed E-state index contributed by atoms with van der Waals surface area (Å²) in [5, 5.41) is 10.2. The third-order valence-corrected chi connectivity index (χ3v) is 2.26. The highest BCUT2D eigenvalue weighted by Gasteiger charge is 2.31. The number of hydrogen-bond acceptors (Lipinski definition) is 4. The first-order valence-corrected chi connectivity index (χ1v) is 4.61. The Labute approximate surface area is 94.0 Å². The molecule has 8 heteroatoms. The van der Waals surface area contributed by atoms with E-state index >= 15 is 0 Å². The van der Waals surface area contributed by atoms with E-state index < -0.39 is 11.7 Å². The second kappa shape index (κ2) is 3.72. The number of benzene rings is 1. The Morgan fingerprint density at radius 3 is 2.53 bits per heavy atom. The van der Waals surface area contributed by atoms with Gasteiger partial charge in [0.15, 0.2) is 0 Å². The Morgan fingerprint density at radius 2 is 2.00 bits per heavy atom. The zero-order valence-electron chi connectivity index (χ0n) is 8.73. The van der Waals surface area contributed by atoms with Crippen molar-refractivity contribution in [1.29, 1.82) is 0 Å². The molecule has 5 nitrogen and oxygen atoms in total. The van der Waals surface area contributed by atoms with Crippen molar-refractivity contribution in [3.8, 4) is 5.69 Å². The van der Waals surface area contributed by atoms with Gasteiger partial charge in [-0.1, -0.05) is 11.2 Å². The molecule has 1 aromatic carbocycles. The van der Waals surface area contributed by atoms with E-state index in [1.165, 1.54) is 6.07 Å². The summed E-state index contributed by atoms with van der Waals surface area (Å²) in [5.41, 5.74) is 5.48.